The molecule has 0 aliphatic carbocycles. The average molecular weight is 244 g/mol. The number of hydrogen-bond acceptors (Lipinski definition) is 2. The molecule has 2 N–H and O–H groups in total. The van der Waals surface area contributed by atoms with Crippen molar-refractivity contribution in [1.29, 1.82) is 0 Å². The summed E-state index contributed by atoms with van der Waals surface area (Å²) in [5.74, 6) is 0.694. The van der Waals surface area contributed by atoms with Crippen molar-refractivity contribution >= 4 is 23.1 Å². The third kappa shape index (κ3) is 4.47. The Balaban J connectivity index is 4.50. The summed E-state index contributed by atoms with van der Waals surface area (Å²) in [6.45, 7) is 11.4. The molecule has 94 valence electrons. The van der Waals surface area contributed by atoms with Crippen LogP contribution in [-0.2, 0) is 4.79 Å². The fourth-order valence-corrected chi connectivity index (χ4v) is 1.44. The van der Waals surface area contributed by atoms with Crippen LogP contribution in [0.1, 0.15) is 34.6 Å². The van der Waals surface area contributed by atoms with E-state index in [9.17, 15) is 4.79 Å². The van der Waals surface area contributed by atoms with Gasteiger partial charge in [-0.1, -0.05) is 39.9 Å². The van der Waals surface area contributed by atoms with Crippen molar-refractivity contribution in [2.75, 3.05) is 13.1 Å². The quantitative estimate of drug-likeness (QED) is 0.727. The van der Waals surface area contributed by atoms with Crippen molar-refractivity contribution in [3.63, 3.8) is 0 Å². The molecule has 0 fully saturated rings. The summed E-state index contributed by atoms with van der Waals surface area (Å²) in [5.41, 5.74) is 5.57. The van der Waals surface area contributed by atoms with Gasteiger partial charge in [0.15, 0.2) is 0 Å². The number of amides is 1. The second kappa shape index (κ2) is 6.84. The molecule has 2 unspecified atom stereocenters. The molecule has 0 aliphatic rings. The molecular formula is C12H24N2OS. The molecule has 0 saturated carbocycles. The van der Waals surface area contributed by atoms with Crippen LogP contribution in [0.2, 0.25) is 0 Å². The molecule has 1 amide bonds. The highest BCUT2D eigenvalue weighted by molar-refractivity contribution is 7.80. The van der Waals surface area contributed by atoms with Crippen LogP contribution < -0.4 is 5.73 Å². The molecule has 0 saturated heterocycles. The topological polar surface area (TPSA) is 46.3 Å². The summed E-state index contributed by atoms with van der Waals surface area (Å²) < 4.78 is 0. The first-order chi connectivity index (χ1) is 7.31. The van der Waals surface area contributed by atoms with E-state index in [1.54, 1.807) is 0 Å². The van der Waals surface area contributed by atoms with Crippen molar-refractivity contribution in [2.24, 2.45) is 23.5 Å². The molecule has 4 heteroatoms. The predicted molar refractivity (Wildman–Crippen MR) is 72.2 cm³/mol. The van der Waals surface area contributed by atoms with Gasteiger partial charge < -0.3 is 10.6 Å². The van der Waals surface area contributed by atoms with Crippen LogP contribution in [0.15, 0.2) is 0 Å². The van der Waals surface area contributed by atoms with Gasteiger partial charge in [-0.3, -0.25) is 4.79 Å². The minimum Gasteiger partial charge on any atom is -0.393 e. The van der Waals surface area contributed by atoms with E-state index in [1.165, 1.54) is 0 Å². The summed E-state index contributed by atoms with van der Waals surface area (Å²) in [6.07, 6.45) is 0. The SMILES string of the molecule is CCN(CC(C)C(N)=S)C(=O)C(C)C(C)C. The Labute approximate surface area is 104 Å². The maximum absolute atomic E-state index is 12.1. The van der Waals surface area contributed by atoms with Crippen LogP contribution in [0, 0.1) is 17.8 Å². The zero-order valence-electron chi connectivity index (χ0n) is 11.0. The molecule has 0 bridgehead atoms. The van der Waals surface area contributed by atoms with Crippen molar-refractivity contribution in [1.82, 2.24) is 4.90 Å². The second-order valence-electron chi connectivity index (χ2n) is 4.71. The maximum Gasteiger partial charge on any atom is 0.225 e. The standard InChI is InChI=1S/C12H24N2OS/c1-6-14(7-9(4)11(13)16)12(15)10(5)8(2)3/h8-10H,6-7H2,1-5H3,(H2,13,16). The molecule has 0 aromatic rings. The molecule has 16 heavy (non-hydrogen) atoms. The van der Waals surface area contributed by atoms with E-state index in [0.29, 0.717) is 24.0 Å². The Bertz CT molecular complexity index is 253. The van der Waals surface area contributed by atoms with Gasteiger partial charge in [0, 0.05) is 24.9 Å². The monoisotopic (exact) mass is 244 g/mol. The van der Waals surface area contributed by atoms with Crippen LogP contribution in [0.4, 0.5) is 0 Å². The number of thiocarbonyl (C=S) groups is 1. The minimum atomic E-state index is 0.0542. The molecule has 0 rings (SSSR count). The van der Waals surface area contributed by atoms with E-state index in [1.807, 2.05) is 25.7 Å². The van der Waals surface area contributed by atoms with E-state index in [2.05, 4.69) is 13.8 Å². The third-order valence-electron chi connectivity index (χ3n) is 3.06. The normalized spacial score (nSPS) is 14.6. The van der Waals surface area contributed by atoms with Gasteiger partial charge in [-0.25, -0.2) is 0 Å². The average Bonchev–Trinajstić information content (AvgIpc) is 2.22. The number of rotatable bonds is 6. The van der Waals surface area contributed by atoms with Gasteiger partial charge in [-0.2, -0.15) is 0 Å². The van der Waals surface area contributed by atoms with Gasteiger partial charge >= 0.3 is 0 Å². The Morgan fingerprint density at radius 2 is 1.81 bits per heavy atom. The first kappa shape index (κ1) is 15.4. The van der Waals surface area contributed by atoms with Gasteiger partial charge in [0.05, 0.1) is 4.99 Å². The van der Waals surface area contributed by atoms with Crippen LogP contribution >= 0.6 is 12.2 Å². The van der Waals surface area contributed by atoms with Crippen molar-refractivity contribution in [3.05, 3.63) is 0 Å². The Hall–Kier alpha value is -0.640. The smallest absolute Gasteiger partial charge is 0.225 e. The van der Waals surface area contributed by atoms with Gasteiger partial charge in [0.25, 0.3) is 0 Å². The van der Waals surface area contributed by atoms with Crippen LogP contribution in [0.25, 0.3) is 0 Å². The van der Waals surface area contributed by atoms with E-state index >= 15 is 0 Å². The first-order valence-electron chi connectivity index (χ1n) is 5.89. The number of nitrogens with two attached hydrogens (primary N) is 1. The number of nitrogens with zero attached hydrogens (tertiary/aromatic N) is 1. The molecule has 0 heterocycles. The largest absolute Gasteiger partial charge is 0.393 e. The van der Waals surface area contributed by atoms with Crippen LogP contribution in [-0.4, -0.2) is 28.9 Å². The molecule has 3 nitrogen and oxygen atoms in total. The summed E-state index contributed by atoms with van der Waals surface area (Å²) in [6, 6.07) is 0. The zero-order valence-corrected chi connectivity index (χ0v) is 11.8. The third-order valence-corrected chi connectivity index (χ3v) is 3.47. The molecule has 0 aromatic carbocycles. The van der Waals surface area contributed by atoms with Gasteiger partial charge in [0.2, 0.25) is 5.91 Å². The van der Waals surface area contributed by atoms with Crippen LogP contribution in [0.3, 0.4) is 0 Å². The summed E-state index contributed by atoms with van der Waals surface area (Å²) >= 11 is 4.93. The van der Waals surface area contributed by atoms with Crippen LogP contribution in [0.5, 0.6) is 0 Å². The Kier molecular flexibility index (Phi) is 6.56. The number of carbonyl (C=O) groups is 1. The van der Waals surface area contributed by atoms with E-state index < -0.39 is 0 Å². The number of hydrogen-bond donors (Lipinski definition) is 1. The highest BCUT2D eigenvalue weighted by Gasteiger charge is 2.23. The number of carbonyl (C=O) groups excluding carboxylic acids is 1. The molecule has 0 radical (unpaired) electrons. The van der Waals surface area contributed by atoms with E-state index in [0.717, 1.165) is 0 Å². The van der Waals surface area contributed by atoms with Crippen molar-refractivity contribution < 1.29 is 4.79 Å². The molecule has 0 aromatic heterocycles. The van der Waals surface area contributed by atoms with E-state index in [-0.39, 0.29) is 17.7 Å². The molecular weight excluding hydrogens is 220 g/mol. The Morgan fingerprint density at radius 1 is 1.31 bits per heavy atom. The summed E-state index contributed by atoms with van der Waals surface area (Å²) in [7, 11) is 0. The highest BCUT2D eigenvalue weighted by Crippen LogP contribution is 2.14. The second-order valence-corrected chi connectivity index (χ2v) is 5.18. The van der Waals surface area contributed by atoms with E-state index in [4.69, 9.17) is 18.0 Å². The summed E-state index contributed by atoms with van der Waals surface area (Å²) in [5, 5.41) is 0. The summed E-state index contributed by atoms with van der Waals surface area (Å²) in [4.78, 5) is 14.4. The lowest BCUT2D eigenvalue weighted by Crippen LogP contribution is -2.41. The Morgan fingerprint density at radius 3 is 2.12 bits per heavy atom. The first-order valence-corrected chi connectivity index (χ1v) is 6.30. The zero-order chi connectivity index (χ0) is 12.9. The lowest BCUT2D eigenvalue weighted by Gasteiger charge is -2.28. The maximum atomic E-state index is 12.1. The van der Waals surface area contributed by atoms with Gasteiger partial charge in [0.1, 0.15) is 0 Å². The predicted octanol–water partition coefficient (Wildman–Crippen LogP) is 2.05. The lowest BCUT2D eigenvalue weighted by atomic mass is 9.96. The van der Waals surface area contributed by atoms with Gasteiger partial charge in [-0.05, 0) is 12.8 Å². The minimum absolute atomic E-state index is 0.0542. The van der Waals surface area contributed by atoms with Gasteiger partial charge in [-0.15, -0.1) is 0 Å². The molecule has 0 aliphatic heterocycles. The van der Waals surface area contributed by atoms with Crippen molar-refractivity contribution in [3.8, 4) is 0 Å². The molecule has 0 spiro atoms. The fourth-order valence-electron chi connectivity index (χ4n) is 1.37. The molecule has 2 atom stereocenters. The van der Waals surface area contributed by atoms with Crippen molar-refractivity contribution in [2.45, 2.75) is 34.6 Å². The fraction of sp³-hybridized carbons (Fsp3) is 0.833. The highest BCUT2D eigenvalue weighted by atomic mass is 32.1. The lowest BCUT2D eigenvalue weighted by molar-refractivity contribution is -0.136.